The molecule has 1 heterocycles. The zero-order valence-corrected chi connectivity index (χ0v) is 10.9. The molecule has 0 aromatic carbocycles. The van der Waals surface area contributed by atoms with Crippen LogP contribution in [0.3, 0.4) is 0 Å². The van der Waals surface area contributed by atoms with Gasteiger partial charge in [0.2, 0.25) is 0 Å². The quantitative estimate of drug-likeness (QED) is 0.747. The van der Waals surface area contributed by atoms with Crippen molar-refractivity contribution in [3.05, 3.63) is 22.5 Å². The number of fused-ring (bicyclic) bond motifs is 1. The zero-order valence-electron chi connectivity index (χ0n) is 10.9. The summed E-state index contributed by atoms with van der Waals surface area (Å²) in [6.07, 6.45) is 3.80. The third-order valence-electron chi connectivity index (χ3n) is 3.49. The molecular weight excluding hydrogens is 234 g/mol. The van der Waals surface area contributed by atoms with Gasteiger partial charge in [0.15, 0.2) is 0 Å². The minimum atomic E-state index is -0.493. The van der Waals surface area contributed by atoms with Crippen LogP contribution in [0.25, 0.3) is 0 Å². The van der Waals surface area contributed by atoms with Gasteiger partial charge in [-0.05, 0) is 31.2 Å². The van der Waals surface area contributed by atoms with Gasteiger partial charge in [-0.1, -0.05) is 0 Å². The van der Waals surface area contributed by atoms with Crippen molar-refractivity contribution in [1.82, 2.24) is 4.57 Å². The number of carbonyl (C=O) groups is 2. The fraction of sp³-hybridized carbons (Fsp3) is 0.538. The smallest absolute Gasteiger partial charge is 0.355 e. The van der Waals surface area contributed by atoms with E-state index in [2.05, 4.69) is 0 Å². The van der Waals surface area contributed by atoms with Crippen molar-refractivity contribution in [3.63, 3.8) is 0 Å². The lowest BCUT2D eigenvalue weighted by Gasteiger charge is -2.13. The van der Waals surface area contributed by atoms with Gasteiger partial charge in [0.1, 0.15) is 5.69 Å². The summed E-state index contributed by atoms with van der Waals surface area (Å²) in [5.41, 5.74) is 2.66. The summed E-state index contributed by atoms with van der Waals surface area (Å²) in [5, 5.41) is 0. The standard InChI is InChI=1S/C13H17NO4/c1-14-9-7-5-4-6-8(9)10(12(15)17-2)11(14)13(16)18-3/h4-7H2,1-3H3. The van der Waals surface area contributed by atoms with E-state index in [1.165, 1.54) is 14.2 Å². The molecule has 0 saturated carbocycles. The van der Waals surface area contributed by atoms with E-state index >= 15 is 0 Å². The average Bonchev–Trinajstić information content (AvgIpc) is 2.71. The van der Waals surface area contributed by atoms with E-state index in [0.717, 1.165) is 36.9 Å². The lowest BCUT2D eigenvalue weighted by molar-refractivity contribution is 0.0547. The maximum Gasteiger partial charge on any atom is 0.355 e. The highest BCUT2D eigenvalue weighted by molar-refractivity contribution is 6.04. The SMILES string of the molecule is COC(=O)c1c2c(n(C)c1C(=O)OC)CCCC2. The van der Waals surface area contributed by atoms with Gasteiger partial charge in [-0.15, -0.1) is 0 Å². The van der Waals surface area contributed by atoms with Gasteiger partial charge >= 0.3 is 11.9 Å². The largest absolute Gasteiger partial charge is 0.465 e. The second kappa shape index (κ2) is 4.84. The Morgan fingerprint density at radius 1 is 1.06 bits per heavy atom. The monoisotopic (exact) mass is 251 g/mol. The lowest BCUT2D eigenvalue weighted by atomic mass is 9.94. The highest BCUT2D eigenvalue weighted by Gasteiger charge is 2.31. The van der Waals surface area contributed by atoms with Gasteiger partial charge in [-0.2, -0.15) is 0 Å². The molecule has 5 heteroatoms. The molecule has 0 spiro atoms. The highest BCUT2D eigenvalue weighted by atomic mass is 16.5. The van der Waals surface area contributed by atoms with Crippen LogP contribution in [0.5, 0.6) is 0 Å². The number of hydrogen-bond donors (Lipinski definition) is 0. The fourth-order valence-electron chi connectivity index (χ4n) is 2.63. The van der Waals surface area contributed by atoms with Crippen LogP contribution in [-0.2, 0) is 29.4 Å². The van der Waals surface area contributed by atoms with E-state index in [1.54, 1.807) is 11.6 Å². The van der Waals surface area contributed by atoms with Gasteiger partial charge < -0.3 is 14.0 Å². The van der Waals surface area contributed by atoms with E-state index in [0.29, 0.717) is 11.3 Å². The molecule has 0 saturated heterocycles. The molecule has 0 unspecified atom stereocenters. The molecule has 5 nitrogen and oxygen atoms in total. The minimum Gasteiger partial charge on any atom is -0.465 e. The summed E-state index contributed by atoms with van der Waals surface area (Å²) in [7, 11) is 4.43. The molecule has 0 atom stereocenters. The topological polar surface area (TPSA) is 57.5 Å². The summed E-state index contributed by atoms with van der Waals surface area (Å²) in [6.45, 7) is 0. The van der Waals surface area contributed by atoms with Crippen LogP contribution in [0.15, 0.2) is 0 Å². The Morgan fingerprint density at radius 3 is 2.28 bits per heavy atom. The van der Waals surface area contributed by atoms with Gasteiger partial charge in [0.05, 0.1) is 19.8 Å². The normalized spacial score (nSPS) is 13.9. The molecular formula is C13H17NO4. The number of aromatic nitrogens is 1. The molecule has 1 aromatic heterocycles. The number of esters is 2. The summed E-state index contributed by atoms with van der Waals surface area (Å²) in [5.74, 6) is -0.957. The number of hydrogen-bond acceptors (Lipinski definition) is 4. The van der Waals surface area contributed by atoms with Crippen molar-refractivity contribution in [2.75, 3.05) is 14.2 Å². The van der Waals surface area contributed by atoms with Gasteiger partial charge in [0, 0.05) is 12.7 Å². The van der Waals surface area contributed by atoms with Crippen molar-refractivity contribution in [3.8, 4) is 0 Å². The Hall–Kier alpha value is -1.78. The number of methoxy groups -OCH3 is 2. The summed E-state index contributed by atoms with van der Waals surface area (Å²) >= 11 is 0. The molecule has 0 radical (unpaired) electrons. The van der Waals surface area contributed by atoms with E-state index < -0.39 is 11.9 Å². The Balaban J connectivity index is 2.66. The lowest BCUT2D eigenvalue weighted by Crippen LogP contribution is -2.14. The Kier molecular flexibility index (Phi) is 3.41. The van der Waals surface area contributed by atoms with E-state index in [1.807, 2.05) is 0 Å². The van der Waals surface area contributed by atoms with Crippen LogP contribution >= 0.6 is 0 Å². The number of carbonyl (C=O) groups excluding carboxylic acids is 2. The molecule has 0 bridgehead atoms. The van der Waals surface area contributed by atoms with E-state index in [4.69, 9.17) is 9.47 Å². The van der Waals surface area contributed by atoms with Crippen molar-refractivity contribution in [1.29, 1.82) is 0 Å². The first-order chi connectivity index (χ1) is 8.61. The zero-order chi connectivity index (χ0) is 13.3. The molecule has 0 N–H and O–H groups in total. The predicted molar refractivity (Wildman–Crippen MR) is 64.7 cm³/mol. The van der Waals surface area contributed by atoms with E-state index in [-0.39, 0.29) is 0 Å². The molecule has 98 valence electrons. The molecule has 2 rings (SSSR count). The maximum atomic E-state index is 11.9. The van der Waals surface area contributed by atoms with Crippen LogP contribution in [-0.4, -0.2) is 30.7 Å². The Bertz CT molecular complexity index is 502. The first-order valence-electron chi connectivity index (χ1n) is 5.98. The van der Waals surface area contributed by atoms with Crippen molar-refractivity contribution < 1.29 is 19.1 Å². The van der Waals surface area contributed by atoms with Crippen molar-refractivity contribution in [2.24, 2.45) is 7.05 Å². The van der Waals surface area contributed by atoms with Crippen LogP contribution in [0.1, 0.15) is 44.9 Å². The fourth-order valence-corrected chi connectivity index (χ4v) is 2.63. The third-order valence-corrected chi connectivity index (χ3v) is 3.49. The summed E-state index contributed by atoms with van der Waals surface area (Å²) < 4.78 is 11.3. The Morgan fingerprint density at radius 2 is 1.67 bits per heavy atom. The first-order valence-corrected chi connectivity index (χ1v) is 5.98. The van der Waals surface area contributed by atoms with Crippen molar-refractivity contribution >= 4 is 11.9 Å². The molecule has 1 aliphatic rings. The van der Waals surface area contributed by atoms with Crippen molar-refractivity contribution in [2.45, 2.75) is 25.7 Å². The average molecular weight is 251 g/mol. The predicted octanol–water partition coefficient (Wildman–Crippen LogP) is 1.48. The van der Waals surface area contributed by atoms with Crippen LogP contribution in [0, 0.1) is 0 Å². The van der Waals surface area contributed by atoms with Crippen LogP contribution in [0.4, 0.5) is 0 Å². The molecule has 0 aliphatic heterocycles. The third kappa shape index (κ3) is 1.79. The Labute approximate surface area is 106 Å². The summed E-state index contributed by atoms with van der Waals surface area (Å²) in [6, 6.07) is 0. The number of rotatable bonds is 2. The molecule has 18 heavy (non-hydrogen) atoms. The van der Waals surface area contributed by atoms with Gasteiger partial charge in [-0.3, -0.25) is 0 Å². The number of nitrogens with zero attached hydrogens (tertiary/aromatic N) is 1. The molecule has 1 aromatic rings. The maximum absolute atomic E-state index is 11.9. The minimum absolute atomic E-state index is 0.302. The second-order valence-electron chi connectivity index (χ2n) is 4.40. The van der Waals surface area contributed by atoms with Crippen LogP contribution < -0.4 is 0 Å². The summed E-state index contributed by atoms with van der Waals surface area (Å²) in [4.78, 5) is 23.7. The first kappa shape index (κ1) is 12.7. The second-order valence-corrected chi connectivity index (χ2v) is 4.40. The van der Waals surface area contributed by atoms with Gasteiger partial charge in [-0.25, -0.2) is 9.59 Å². The molecule has 0 fully saturated rings. The molecule has 1 aliphatic carbocycles. The van der Waals surface area contributed by atoms with E-state index in [9.17, 15) is 9.59 Å². The highest BCUT2D eigenvalue weighted by Crippen LogP contribution is 2.30. The van der Waals surface area contributed by atoms with Crippen LogP contribution in [0.2, 0.25) is 0 Å². The molecule has 0 amide bonds. The number of ether oxygens (including phenoxy) is 2. The van der Waals surface area contributed by atoms with Gasteiger partial charge in [0.25, 0.3) is 0 Å².